The van der Waals surface area contributed by atoms with Crippen LogP contribution in [-0.2, 0) is 116 Å². The zero-order valence-electron chi connectivity index (χ0n) is 77.1. The van der Waals surface area contributed by atoms with Gasteiger partial charge < -0.3 is 24.5 Å². The van der Waals surface area contributed by atoms with Gasteiger partial charge in [0.15, 0.2) is 37.2 Å². The molecule has 137 heavy (non-hydrogen) atoms. The number of hydrogen-bond donors (Lipinski definition) is 0. The van der Waals surface area contributed by atoms with Crippen LogP contribution in [0, 0.1) is 5.92 Å². The highest BCUT2D eigenvalue weighted by molar-refractivity contribution is 9.11. The van der Waals surface area contributed by atoms with Gasteiger partial charge in [-0.05, 0) is 314 Å². The lowest BCUT2D eigenvalue weighted by Gasteiger charge is -2.40. The minimum atomic E-state index is 0.00525. The fourth-order valence-electron chi connectivity index (χ4n) is 20.9. The van der Waals surface area contributed by atoms with Crippen LogP contribution in [0.15, 0.2) is 209 Å². The van der Waals surface area contributed by atoms with Gasteiger partial charge in [0, 0.05) is 229 Å². The molecular formula is C105H110Br7Cl4N16O5+3. The summed E-state index contributed by atoms with van der Waals surface area (Å²) in [7, 11) is 5.94. The molecular weight excluding hydrogens is 2270 g/mol. The summed E-state index contributed by atoms with van der Waals surface area (Å²) in [6.45, 7) is 15.3. The van der Waals surface area contributed by atoms with Crippen LogP contribution in [0.25, 0.3) is 0 Å². The van der Waals surface area contributed by atoms with E-state index in [4.69, 9.17) is 66.3 Å². The Balaban J connectivity index is 0.000000127. The van der Waals surface area contributed by atoms with E-state index in [2.05, 4.69) is 180 Å². The molecule has 4 unspecified atom stereocenters. The first kappa shape index (κ1) is 101. The Morgan fingerprint density at radius 2 is 0.613 bits per heavy atom. The van der Waals surface area contributed by atoms with Crippen molar-refractivity contribution >= 4 is 187 Å². The lowest BCUT2D eigenvalue weighted by molar-refractivity contribution is -0.671. The number of aromatic nitrogens is 7. The summed E-state index contributed by atoms with van der Waals surface area (Å²) in [4.78, 5) is 103. The Bertz CT molecular complexity index is 6100. The van der Waals surface area contributed by atoms with Crippen molar-refractivity contribution < 1.29 is 37.7 Å². The monoisotopic (exact) mass is 2370 g/mol. The van der Waals surface area contributed by atoms with Gasteiger partial charge in [0.25, 0.3) is 0 Å². The molecule has 4 atom stereocenters. The number of pyridine rings is 7. The molecule has 9 aliphatic rings. The first-order chi connectivity index (χ1) is 66.1. The van der Waals surface area contributed by atoms with E-state index in [1.54, 1.807) is 6.92 Å². The first-order valence-corrected chi connectivity index (χ1v) is 54.1. The van der Waals surface area contributed by atoms with Crippen LogP contribution >= 0.6 is 158 Å². The molecule has 21 nitrogen and oxygen atoms in total. The number of benzene rings is 4. The number of likely N-dealkylation sites (tertiary alicyclic amines) is 1. The number of rotatable bonds is 12. The maximum absolute atomic E-state index is 13.1. The van der Waals surface area contributed by atoms with Crippen molar-refractivity contribution in [2.24, 2.45) is 27.1 Å². The largest absolute Gasteiger partial charge is 0.343 e. The fourth-order valence-corrected chi connectivity index (χ4v) is 24.9. The van der Waals surface area contributed by atoms with E-state index in [-0.39, 0.29) is 53.7 Å². The molecule has 5 amide bonds. The van der Waals surface area contributed by atoms with Crippen LogP contribution in [-0.4, -0.2) is 211 Å². The summed E-state index contributed by atoms with van der Waals surface area (Å²) in [5, 5.41) is 3.01. The van der Waals surface area contributed by atoms with Crippen LogP contribution in [0.5, 0.6) is 0 Å². The Labute approximate surface area is 881 Å². The van der Waals surface area contributed by atoms with Crippen LogP contribution in [0.2, 0.25) is 20.1 Å². The van der Waals surface area contributed by atoms with E-state index >= 15 is 0 Å². The highest BCUT2D eigenvalue weighted by Crippen LogP contribution is 2.48. The normalized spacial score (nSPS) is 19.0. The number of aryl methyl sites for hydroxylation is 8. The molecule has 5 saturated heterocycles. The van der Waals surface area contributed by atoms with Crippen molar-refractivity contribution in [3.05, 3.63) is 335 Å². The van der Waals surface area contributed by atoms with Crippen molar-refractivity contribution in [2.45, 2.75) is 121 Å². The molecule has 714 valence electrons. The van der Waals surface area contributed by atoms with Crippen LogP contribution < -0.4 is 13.7 Å². The molecule has 0 spiro atoms. The molecule has 0 radical (unpaired) electrons. The molecule has 12 heterocycles. The van der Waals surface area contributed by atoms with Crippen molar-refractivity contribution in [1.29, 1.82) is 0 Å². The summed E-state index contributed by atoms with van der Waals surface area (Å²) in [6, 6.07) is 39.5. The van der Waals surface area contributed by atoms with Crippen molar-refractivity contribution in [2.75, 3.05) is 118 Å². The zero-order valence-corrected chi connectivity index (χ0v) is 91.2. The highest BCUT2D eigenvalue weighted by atomic mass is 79.9. The zero-order chi connectivity index (χ0) is 96.0. The predicted molar refractivity (Wildman–Crippen MR) is 560 cm³/mol. The maximum atomic E-state index is 13.1. The average molecular weight is 2380 g/mol. The van der Waals surface area contributed by atoms with Gasteiger partial charge in [0.1, 0.15) is 21.1 Å². The van der Waals surface area contributed by atoms with Gasteiger partial charge in [0.05, 0.1) is 81.3 Å². The molecule has 4 aliphatic carbocycles. The summed E-state index contributed by atoms with van der Waals surface area (Å²) in [5.41, 5.74) is 22.5. The number of amides is 5. The quantitative estimate of drug-likeness (QED) is 0.106. The lowest BCUT2D eigenvalue weighted by atomic mass is 9.92. The van der Waals surface area contributed by atoms with E-state index < -0.39 is 0 Å². The maximum Gasteiger partial charge on any atom is 0.227 e. The Morgan fingerprint density at radius 3 is 0.927 bits per heavy atom. The van der Waals surface area contributed by atoms with E-state index in [1.807, 2.05) is 188 Å². The Morgan fingerprint density at radius 1 is 0.328 bits per heavy atom. The third-order valence-corrected chi connectivity index (χ3v) is 34.8. The molecule has 20 rings (SSSR count). The topological polar surface area (TPSA) is 178 Å². The third kappa shape index (κ3) is 23.9. The molecule has 0 N–H and O–H groups in total. The molecule has 7 aromatic heterocycles. The van der Waals surface area contributed by atoms with E-state index in [0.717, 1.165) is 234 Å². The number of fused-ring (bicyclic) bond motifs is 8. The summed E-state index contributed by atoms with van der Waals surface area (Å²) < 4.78 is 12.9. The third-order valence-electron chi connectivity index (χ3n) is 28.4. The SMILES string of the molecule is CC(=O)N1CCC(CC(=O)N2CCN(C3c4ccc(Cl)c(Br)c4CCc4cc(Br)cnc43)CC2)CC1.C[n+]1ccc(CC(=O)N2CCN(C3c4ccc(Cl)c(Br)c4CCc4cc(Br)cnc43)CC2)cc1.C[n+]1ccc(CC(=O)N2CCN(C3c4ccc(Cl)c(Br)c4CCc4cc(Br)cnc43)CC2)cc1.C[n+]1ccc(CC(=O)N2CCN(C3c4ncc(Br)cc4CCc4cccc(Cl)c43)CC2)cc1. The molecule has 11 aromatic rings. The number of halogens is 11. The number of piperidine rings is 1. The number of piperazine rings is 4. The fraction of sp³-hybridized carbons (Fsp3) is 0.390. The van der Waals surface area contributed by atoms with E-state index in [1.165, 1.54) is 66.8 Å². The van der Waals surface area contributed by atoms with Gasteiger partial charge in [-0.1, -0.05) is 76.7 Å². The number of nitrogens with zero attached hydrogens (tertiary/aromatic N) is 16. The average Bonchev–Trinajstić information content (AvgIpc) is 1.70. The second-order valence-corrected chi connectivity index (χ2v) is 44.6. The van der Waals surface area contributed by atoms with Crippen molar-refractivity contribution in [3.63, 3.8) is 0 Å². The van der Waals surface area contributed by atoms with Crippen LogP contribution in [0.1, 0.15) is 157 Å². The van der Waals surface area contributed by atoms with E-state index in [9.17, 15) is 24.0 Å². The first-order valence-electron chi connectivity index (χ1n) is 47.0. The number of carbonyl (C=O) groups is 5. The highest BCUT2D eigenvalue weighted by Gasteiger charge is 2.41. The van der Waals surface area contributed by atoms with Crippen molar-refractivity contribution in [1.82, 2.24) is 64.0 Å². The Kier molecular flexibility index (Phi) is 33.9. The minimum Gasteiger partial charge on any atom is -0.343 e. The van der Waals surface area contributed by atoms with Crippen molar-refractivity contribution in [3.8, 4) is 0 Å². The second kappa shape index (κ2) is 45.9. The molecule has 5 aliphatic heterocycles. The number of carbonyl (C=O) groups excluding carboxylic acids is 5. The standard InChI is InChI=1S/C27H31Br2ClN4O2.2C26H26Br2ClN4O.C26H27BrClN4O/c1-17(35)32-8-6-18(7-9-32)14-24(36)33-10-12-34(13-11-33)27-22-4-5-23(30)25(29)21(22)3-2-19-15-20(28)16-31-26(19)27;2*1-31-8-6-17(7-9-31)14-23(34)32-10-12-33(13-11-32)26-21-4-5-22(29)24(28)20(21)3-2-18-15-19(27)16-30-25(18)26;1-30-9-7-18(8-10-30)15-23(33)31-11-13-32(14-12-31)26-24-19(3-2-4-22(24)28)5-6-20-16-21(27)17-29-25(20)26/h4-5,15-16,18,27H,2-3,6-14H2,1H3;2*4-9,15-16,26H,2-3,10-14H2,1H3;2-4,7-10,16-17,26H,5-6,11-15H2,1H3/q;3*+1. The van der Waals surface area contributed by atoms with Gasteiger partial charge in [-0.2, -0.15) is 0 Å². The number of hydrogen-bond acceptors (Lipinski definition) is 13. The molecule has 5 fully saturated rings. The summed E-state index contributed by atoms with van der Waals surface area (Å²) in [6.07, 6.45) is 30.5. The minimum absolute atomic E-state index is 0.00525. The second-order valence-electron chi connectivity index (χ2n) is 37.0. The van der Waals surface area contributed by atoms with Gasteiger partial charge in [-0.3, -0.25) is 63.5 Å². The molecule has 32 heteroatoms. The summed E-state index contributed by atoms with van der Waals surface area (Å²) in [5.74, 6) is 1.31. The van der Waals surface area contributed by atoms with Gasteiger partial charge in [-0.15, -0.1) is 0 Å². The molecule has 0 bridgehead atoms. The molecule has 4 aromatic carbocycles. The summed E-state index contributed by atoms with van der Waals surface area (Å²) >= 11 is 51.8. The predicted octanol–water partition coefficient (Wildman–Crippen LogP) is 18.5. The van der Waals surface area contributed by atoms with E-state index in [0.29, 0.717) is 70.9 Å². The van der Waals surface area contributed by atoms with Gasteiger partial charge in [-0.25, -0.2) is 13.7 Å². The molecule has 0 saturated carbocycles. The van der Waals surface area contributed by atoms with Crippen LogP contribution in [0.4, 0.5) is 0 Å². The Hall–Kier alpha value is -7.36. The van der Waals surface area contributed by atoms with Gasteiger partial charge in [0.2, 0.25) is 29.5 Å². The van der Waals surface area contributed by atoms with Crippen LogP contribution in [0.3, 0.4) is 0 Å². The van der Waals surface area contributed by atoms with Gasteiger partial charge >= 0.3 is 0 Å². The smallest absolute Gasteiger partial charge is 0.227 e. The lowest BCUT2D eigenvalue weighted by Crippen LogP contribution is -2.50.